The van der Waals surface area contributed by atoms with Crippen LogP contribution in [0.1, 0.15) is 67.7 Å². The van der Waals surface area contributed by atoms with Gasteiger partial charge in [0.2, 0.25) is 0 Å². The molecule has 0 amide bonds. The molecule has 5 atom stereocenters. The summed E-state index contributed by atoms with van der Waals surface area (Å²) >= 11 is 4.20. The Morgan fingerprint density at radius 3 is 2.16 bits per heavy atom. The van der Waals surface area contributed by atoms with Gasteiger partial charge in [-0.05, 0) is 62.1 Å². The molecule has 0 aromatic heterocycles. The Hall–Kier alpha value is 0.307. The number of esters is 1. The molecule has 0 spiro atoms. The van der Waals surface area contributed by atoms with E-state index in [0.29, 0.717) is 11.8 Å². The van der Waals surface area contributed by atoms with Crippen LogP contribution >= 0.6 is 23.5 Å². The van der Waals surface area contributed by atoms with Crippen LogP contribution in [0.5, 0.6) is 0 Å². The van der Waals surface area contributed by atoms with Crippen molar-refractivity contribution in [1.82, 2.24) is 0 Å². The molecule has 1 aliphatic heterocycles. The maximum Gasteiger partial charge on any atom is 0.311 e. The number of hydrogen-bond acceptors (Lipinski definition) is 6. The summed E-state index contributed by atoms with van der Waals surface area (Å²) in [4.78, 5) is 11.8. The molecule has 1 heterocycles. The third kappa shape index (κ3) is 8.23. The van der Waals surface area contributed by atoms with E-state index in [1.54, 1.807) is 6.92 Å². The normalized spacial score (nSPS) is 21.9. The second-order valence-corrected chi connectivity index (χ2v) is 19.1. The predicted molar refractivity (Wildman–Crippen MR) is 139 cm³/mol. The highest BCUT2D eigenvalue weighted by Gasteiger charge is 2.42. The number of carbonyl (C=O) groups excluding carboxylic acids is 1. The summed E-state index contributed by atoms with van der Waals surface area (Å²) in [7, 11) is -0.318. The average Bonchev–Trinajstić information content (AvgIpc) is 3.18. The fraction of sp³-hybridized carbons (Fsp3) is 0.958. The van der Waals surface area contributed by atoms with Gasteiger partial charge in [0, 0.05) is 18.1 Å². The first-order valence-electron chi connectivity index (χ1n) is 11.8. The summed E-state index contributed by atoms with van der Waals surface area (Å²) in [6, 6.07) is 0. The van der Waals surface area contributed by atoms with Gasteiger partial charge in [-0.1, -0.05) is 41.5 Å². The lowest BCUT2D eigenvalue weighted by Crippen LogP contribution is -2.42. The number of aliphatic hydroxyl groups excluding tert-OH is 1. The molecular weight excluding hydrogens is 444 g/mol. The molecule has 1 saturated heterocycles. The second-order valence-electron chi connectivity index (χ2n) is 11.1. The van der Waals surface area contributed by atoms with Crippen LogP contribution in [0.2, 0.25) is 18.1 Å². The van der Waals surface area contributed by atoms with Gasteiger partial charge in [-0.15, -0.1) is 23.5 Å². The number of methoxy groups -OCH3 is 1. The van der Waals surface area contributed by atoms with E-state index in [1.165, 1.54) is 25.0 Å². The van der Waals surface area contributed by atoms with Gasteiger partial charge in [0.15, 0.2) is 8.32 Å². The van der Waals surface area contributed by atoms with Crippen molar-refractivity contribution in [2.45, 2.75) is 96.0 Å². The Balaban J connectivity index is 2.67. The number of hydrogen-bond donors (Lipinski definition) is 1. The Labute approximate surface area is 201 Å². The highest BCUT2D eigenvalue weighted by Crippen LogP contribution is 2.54. The predicted octanol–water partition coefficient (Wildman–Crippen LogP) is 6.43. The van der Waals surface area contributed by atoms with E-state index in [4.69, 9.17) is 9.16 Å². The van der Waals surface area contributed by atoms with Gasteiger partial charge in [-0.2, -0.15) is 0 Å². The summed E-state index contributed by atoms with van der Waals surface area (Å²) < 4.78 is 11.5. The van der Waals surface area contributed by atoms with Crippen LogP contribution in [0.25, 0.3) is 0 Å². The van der Waals surface area contributed by atoms with Gasteiger partial charge < -0.3 is 14.3 Å². The minimum absolute atomic E-state index is 0.0575. The number of ether oxygens (including phenoxy) is 1. The first-order chi connectivity index (χ1) is 14.2. The van der Waals surface area contributed by atoms with E-state index >= 15 is 0 Å². The van der Waals surface area contributed by atoms with E-state index in [1.807, 2.05) is 0 Å². The van der Waals surface area contributed by atoms with Gasteiger partial charge >= 0.3 is 5.97 Å². The minimum atomic E-state index is -1.70. The van der Waals surface area contributed by atoms with Crippen molar-refractivity contribution in [1.29, 1.82) is 0 Å². The van der Waals surface area contributed by atoms with E-state index in [2.05, 4.69) is 78.2 Å². The quantitative estimate of drug-likeness (QED) is 0.250. The van der Waals surface area contributed by atoms with Crippen LogP contribution in [0.3, 0.4) is 0 Å². The second kappa shape index (κ2) is 12.1. The lowest BCUT2D eigenvalue weighted by Gasteiger charge is -2.39. The van der Waals surface area contributed by atoms with Crippen molar-refractivity contribution >= 4 is 37.8 Å². The number of rotatable bonds is 12. The molecule has 184 valence electrons. The first-order valence-corrected chi connectivity index (χ1v) is 16.7. The highest BCUT2D eigenvalue weighted by atomic mass is 32.2. The zero-order valence-corrected chi connectivity index (χ0v) is 24.3. The van der Waals surface area contributed by atoms with E-state index < -0.39 is 20.3 Å². The van der Waals surface area contributed by atoms with Crippen molar-refractivity contribution in [2.24, 2.45) is 23.7 Å². The molecule has 1 N–H and O–H groups in total. The molecule has 1 rings (SSSR count). The molecule has 1 fully saturated rings. The maximum atomic E-state index is 11.8. The third-order valence-electron chi connectivity index (χ3n) is 7.44. The van der Waals surface area contributed by atoms with Crippen LogP contribution in [-0.2, 0) is 14.0 Å². The highest BCUT2D eigenvalue weighted by molar-refractivity contribution is 8.21. The Kier molecular flexibility index (Phi) is 11.5. The summed E-state index contributed by atoms with van der Waals surface area (Å²) in [5.41, 5.74) is 0. The van der Waals surface area contributed by atoms with Gasteiger partial charge in [-0.3, -0.25) is 4.79 Å². The molecule has 0 saturated carbocycles. The van der Waals surface area contributed by atoms with Crippen LogP contribution in [0.15, 0.2) is 0 Å². The van der Waals surface area contributed by atoms with E-state index in [0.717, 1.165) is 19.4 Å². The molecule has 0 bridgehead atoms. The SMILES string of the molecule is COC(=O)[C@H](C)[C@@H](O)[C@@H](C)C[C@H](C)C1(CC[C@H](C)CO[Si](C)(C)C(C)(C)C)SCCS1. The molecule has 0 aromatic rings. The number of thioether (sulfide) groups is 2. The summed E-state index contributed by atoms with van der Waals surface area (Å²) in [6.45, 7) is 20.9. The molecule has 7 heteroatoms. The van der Waals surface area contributed by atoms with Gasteiger partial charge in [-0.25, -0.2) is 0 Å². The molecule has 4 nitrogen and oxygen atoms in total. The zero-order chi connectivity index (χ0) is 24.0. The largest absolute Gasteiger partial charge is 0.469 e. The summed E-state index contributed by atoms with van der Waals surface area (Å²) in [5, 5.41) is 10.9. The first kappa shape index (κ1) is 29.3. The third-order valence-corrected chi connectivity index (χ3v) is 15.9. The smallest absolute Gasteiger partial charge is 0.311 e. The Morgan fingerprint density at radius 2 is 1.68 bits per heavy atom. The fourth-order valence-electron chi connectivity index (χ4n) is 3.94. The lowest BCUT2D eigenvalue weighted by atomic mass is 9.84. The van der Waals surface area contributed by atoms with Crippen LogP contribution < -0.4 is 0 Å². The number of aliphatic hydroxyl groups is 1. The topological polar surface area (TPSA) is 55.8 Å². The van der Waals surface area contributed by atoms with Crippen LogP contribution in [-0.4, -0.2) is 54.8 Å². The van der Waals surface area contributed by atoms with Crippen molar-refractivity contribution < 1.29 is 19.1 Å². The molecule has 0 radical (unpaired) electrons. The maximum absolute atomic E-state index is 11.8. The number of carbonyl (C=O) groups is 1. The van der Waals surface area contributed by atoms with Gasteiger partial charge in [0.1, 0.15) is 0 Å². The van der Waals surface area contributed by atoms with E-state index in [9.17, 15) is 9.90 Å². The molecule has 0 unspecified atom stereocenters. The van der Waals surface area contributed by atoms with Crippen LogP contribution in [0, 0.1) is 23.7 Å². The zero-order valence-electron chi connectivity index (χ0n) is 21.6. The Bertz CT molecular complexity index is 558. The standard InChI is InChI=1S/C24H48O4S2Si/c1-17(16-28-31(9,10)23(5,6)7)11-12-24(29-13-14-30-24)19(3)15-18(2)21(25)20(4)22(26)27-8/h17-21,25H,11-16H2,1-10H3/t17-,18-,19-,20+,21-/m0/s1. The van der Waals surface area contributed by atoms with Gasteiger partial charge in [0.25, 0.3) is 0 Å². The van der Waals surface area contributed by atoms with Crippen molar-refractivity contribution in [3.8, 4) is 0 Å². The molecule has 1 aliphatic rings. The minimum Gasteiger partial charge on any atom is -0.469 e. The summed E-state index contributed by atoms with van der Waals surface area (Å²) in [6.07, 6.45) is 2.58. The summed E-state index contributed by atoms with van der Waals surface area (Å²) in [5.74, 6) is 2.64. The van der Waals surface area contributed by atoms with Crippen molar-refractivity contribution in [2.75, 3.05) is 25.2 Å². The van der Waals surface area contributed by atoms with Crippen molar-refractivity contribution in [3.63, 3.8) is 0 Å². The van der Waals surface area contributed by atoms with E-state index in [-0.39, 0.29) is 21.0 Å². The Morgan fingerprint density at radius 1 is 1.13 bits per heavy atom. The monoisotopic (exact) mass is 492 g/mol. The molecular formula is C24H48O4S2Si. The van der Waals surface area contributed by atoms with Crippen LogP contribution in [0.4, 0.5) is 0 Å². The molecule has 31 heavy (non-hydrogen) atoms. The fourth-order valence-corrected chi connectivity index (χ4v) is 8.55. The molecule has 0 aliphatic carbocycles. The molecule has 0 aromatic carbocycles. The average molecular weight is 493 g/mol. The van der Waals surface area contributed by atoms with Crippen molar-refractivity contribution in [3.05, 3.63) is 0 Å². The lowest BCUT2D eigenvalue weighted by molar-refractivity contribution is -0.150. The van der Waals surface area contributed by atoms with Gasteiger partial charge in [0.05, 0.1) is 23.2 Å².